The number of ether oxygens (including phenoxy) is 3. The van der Waals surface area contributed by atoms with Crippen LogP contribution in [-0.2, 0) is 33.9 Å². The summed E-state index contributed by atoms with van der Waals surface area (Å²) in [5, 5.41) is -5.06. The van der Waals surface area contributed by atoms with Gasteiger partial charge in [0.25, 0.3) is 0 Å². The number of halogens is 2. The maximum Gasteiger partial charge on any atom is 0.465 e. The molecule has 0 saturated heterocycles. The number of alkyl halides is 2. The quantitative estimate of drug-likeness (QED) is 0.307. The van der Waals surface area contributed by atoms with Gasteiger partial charge in [-0.05, 0) is 100 Å². The van der Waals surface area contributed by atoms with E-state index in [1.54, 1.807) is 0 Å². The second kappa shape index (κ2) is 7.60. The molecule has 0 aliphatic heterocycles. The summed E-state index contributed by atoms with van der Waals surface area (Å²) in [6, 6.07) is 0. The molecule has 2 unspecified atom stereocenters. The van der Waals surface area contributed by atoms with Crippen molar-refractivity contribution in [3.63, 3.8) is 0 Å². The van der Waals surface area contributed by atoms with Gasteiger partial charge in [-0.1, -0.05) is 0 Å². The highest BCUT2D eigenvalue weighted by molar-refractivity contribution is 7.87. The van der Waals surface area contributed by atoms with E-state index in [4.69, 9.17) is 18.8 Å². The van der Waals surface area contributed by atoms with Gasteiger partial charge < -0.3 is 14.2 Å². The highest BCUT2D eigenvalue weighted by Gasteiger charge is 2.65. The van der Waals surface area contributed by atoms with Crippen molar-refractivity contribution >= 4 is 22.1 Å². The summed E-state index contributed by atoms with van der Waals surface area (Å²) in [5.74, 6) is -0.712. The van der Waals surface area contributed by atoms with E-state index in [1.807, 2.05) is 0 Å². The lowest BCUT2D eigenvalue weighted by Crippen LogP contribution is -2.61. The SMILES string of the molecule is O=C(OCOC12CC3CC(CC(C3)C1)C2)C12CC3CC(CC(OC(=O)C(F)(F)S(=O)(=O)O)(C3)C1)C2. The van der Waals surface area contributed by atoms with Gasteiger partial charge in [-0.2, -0.15) is 17.2 Å². The van der Waals surface area contributed by atoms with Crippen LogP contribution in [0.15, 0.2) is 0 Å². The lowest BCUT2D eigenvalue weighted by atomic mass is 9.48. The number of hydrogen-bond donors (Lipinski definition) is 1. The zero-order valence-corrected chi connectivity index (χ0v) is 20.4. The molecular weight excluding hydrogens is 486 g/mol. The molecule has 8 rings (SSSR count). The van der Waals surface area contributed by atoms with E-state index in [1.165, 1.54) is 19.3 Å². The zero-order valence-electron chi connectivity index (χ0n) is 19.5. The van der Waals surface area contributed by atoms with Gasteiger partial charge in [0.15, 0.2) is 6.79 Å². The van der Waals surface area contributed by atoms with Crippen LogP contribution in [0.4, 0.5) is 8.78 Å². The Hall–Kier alpha value is -1.33. The van der Waals surface area contributed by atoms with Crippen LogP contribution in [-0.4, -0.2) is 48.2 Å². The predicted octanol–water partition coefficient (Wildman–Crippen LogP) is 3.84. The molecule has 35 heavy (non-hydrogen) atoms. The van der Waals surface area contributed by atoms with E-state index in [2.05, 4.69) is 0 Å². The molecule has 1 N–H and O–H groups in total. The van der Waals surface area contributed by atoms with E-state index in [0.717, 1.165) is 25.7 Å². The van der Waals surface area contributed by atoms with E-state index < -0.39 is 38.3 Å². The van der Waals surface area contributed by atoms with E-state index in [0.29, 0.717) is 30.6 Å². The van der Waals surface area contributed by atoms with E-state index in [9.17, 15) is 26.8 Å². The molecule has 0 aromatic heterocycles. The minimum absolute atomic E-state index is 0.0104. The minimum atomic E-state index is -5.96. The van der Waals surface area contributed by atoms with Gasteiger partial charge >= 0.3 is 27.3 Å². The van der Waals surface area contributed by atoms with Crippen molar-refractivity contribution in [3.8, 4) is 0 Å². The van der Waals surface area contributed by atoms with Crippen molar-refractivity contribution in [3.05, 3.63) is 0 Å². The van der Waals surface area contributed by atoms with Crippen LogP contribution in [0.2, 0.25) is 0 Å². The Kier molecular flexibility index (Phi) is 5.22. The Balaban J connectivity index is 1.13. The summed E-state index contributed by atoms with van der Waals surface area (Å²) in [6.45, 7) is -0.143. The molecule has 8 fully saturated rings. The second-order valence-corrected chi connectivity index (χ2v) is 14.1. The Morgan fingerprint density at radius 1 is 0.829 bits per heavy atom. The normalized spacial score (nSPS) is 45.5. The smallest absolute Gasteiger partial charge is 0.454 e. The van der Waals surface area contributed by atoms with Gasteiger partial charge in [0, 0.05) is 6.42 Å². The first-order chi connectivity index (χ1) is 16.3. The first-order valence-electron chi connectivity index (χ1n) is 12.7. The molecule has 11 heteroatoms. The molecule has 8 nitrogen and oxygen atoms in total. The van der Waals surface area contributed by atoms with Crippen molar-refractivity contribution < 1.29 is 45.6 Å². The maximum absolute atomic E-state index is 13.9. The predicted molar refractivity (Wildman–Crippen MR) is 115 cm³/mol. The molecule has 8 aliphatic rings. The van der Waals surface area contributed by atoms with Crippen molar-refractivity contribution in [1.29, 1.82) is 0 Å². The number of rotatable bonds is 7. The molecule has 0 heterocycles. The molecule has 0 amide bonds. The summed E-state index contributed by atoms with van der Waals surface area (Å²) < 4.78 is 75.6. The van der Waals surface area contributed by atoms with Gasteiger partial charge in [-0.25, -0.2) is 4.79 Å². The average molecular weight is 519 g/mol. The lowest BCUT2D eigenvalue weighted by molar-refractivity contribution is -0.236. The van der Waals surface area contributed by atoms with Gasteiger partial charge in [-0.15, -0.1) is 0 Å². The first kappa shape index (κ1) is 24.0. The van der Waals surface area contributed by atoms with Crippen LogP contribution in [0.5, 0.6) is 0 Å². The Bertz CT molecular complexity index is 991. The van der Waals surface area contributed by atoms with Gasteiger partial charge in [-0.3, -0.25) is 9.35 Å². The largest absolute Gasteiger partial charge is 0.465 e. The van der Waals surface area contributed by atoms with Crippen molar-refractivity contribution in [2.75, 3.05) is 6.79 Å². The fourth-order valence-corrected chi connectivity index (χ4v) is 9.72. The molecular formula is C24H32F2O8S. The van der Waals surface area contributed by atoms with E-state index >= 15 is 0 Å². The highest BCUT2D eigenvalue weighted by atomic mass is 32.2. The molecule has 0 aromatic carbocycles. The van der Waals surface area contributed by atoms with Crippen LogP contribution >= 0.6 is 0 Å². The van der Waals surface area contributed by atoms with Gasteiger partial charge in [0.2, 0.25) is 0 Å². The van der Waals surface area contributed by atoms with E-state index in [-0.39, 0.29) is 43.5 Å². The third-order valence-electron chi connectivity index (χ3n) is 9.85. The summed E-state index contributed by atoms with van der Waals surface area (Å²) in [7, 11) is -5.96. The molecule has 2 atom stereocenters. The molecule has 0 spiro atoms. The summed E-state index contributed by atoms with van der Waals surface area (Å²) in [6.07, 6.45) is 9.26. The molecule has 8 saturated carbocycles. The summed E-state index contributed by atoms with van der Waals surface area (Å²) in [5.41, 5.74) is -2.55. The van der Waals surface area contributed by atoms with Crippen molar-refractivity contribution in [2.45, 2.75) is 93.5 Å². The molecule has 8 aliphatic carbocycles. The summed E-state index contributed by atoms with van der Waals surface area (Å²) >= 11 is 0. The number of esters is 2. The maximum atomic E-state index is 13.9. The molecule has 8 bridgehead atoms. The minimum Gasteiger partial charge on any atom is -0.454 e. The van der Waals surface area contributed by atoms with Crippen LogP contribution in [0.3, 0.4) is 0 Å². The van der Waals surface area contributed by atoms with Crippen molar-refractivity contribution in [2.24, 2.45) is 35.0 Å². The lowest BCUT2D eigenvalue weighted by Gasteiger charge is -2.59. The summed E-state index contributed by atoms with van der Waals surface area (Å²) in [4.78, 5) is 25.4. The Labute approximate surface area is 203 Å². The van der Waals surface area contributed by atoms with Crippen LogP contribution in [0.1, 0.15) is 77.0 Å². The Morgan fingerprint density at radius 3 is 1.83 bits per heavy atom. The Morgan fingerprint density at radius 2 is 1.31 bits per heavy atom. The highest BCUT2D eigenvalue weighted by Crippen LogP contribution is 2.63. The first-order valence-corrected chi connectivity index (χ1v) is 14.1. The van der Waals surface area contributed by atoms with Gasteiger partial charge in [0.1, 0.15) is 5.60 Å². The van der Waals surface area contributed by atoms with Crippen LogP contribution in [0.25, 0.3) is 0 Å². The second-order valence-electron chi connectivity index (χ2n) is 12.6. The average Bonchev–Trinajstić information content (AvgIpc) is 2.70. The van der Waals surface area contributed by atoms with Crippen molar-refractivity contribution in [1.82, 2.24) is 0 Å². The fraction of sp³-hybridized carbons (Fsp3) is 0.917. The monoisotopic (exact) mass is 518 g/mol. The number of carbonyl (C=O) groups is 2. The molecule has 0 radical (unpaired) electrons. The fourth-order valence-electron chi connectivity index (χ4n) is 9.47. The zero-order chi connectivity index (χ0) is 24.9. The molecule has 0 aromatic rings. The number of hydrogen-bond acceptors (Lipinski definition) is 7. The molecule has 196 valence electrons. The topological polar surface area (TPSA) is 116 Å². The number of carbonyl (C=O) groups excluding carboxylic acids is 2. The third kappa shape index (κ3) is 3.91. The van der Waals surface area contributed by atoms with Crippen LogP contribution < -0.4 is 0 Å². The van der Waals surface area contributed by atoms with Crippen LogP contribution in [0, 0.1) is 35.0 Å². The standard InChI is InChI=1S/C24H32F2O8S/c25-24(26,35(29,30)31)20(28)34-23-10-17-4-18(11-23)6-21(5-17,12-23)19(27)32-13-33-22-7-14-1-15(8-22)3-16(2-14)9-22/h14-18H,1-13H2,(H,29,30,31). The third-order valence-corrected chi connectivity index (χ3v) is 10.7. The van der Waals surface area contributed by atoms with Gasteiger partial charge in [0.05, 0.1) is 11.0 Å².